The van der Waals surface area contributed by atoms with Gasteiger partial charge in [0.05, 0.1) is 11.8 Å². The van der Waals surface area contributed by atoms with Crippen LogP contribution >= 0.6 is 0 Å². The number of nitrogens with zero attached hydrogens (tertiary/aromatic N) is 1. The standard InChI is InChI=1S/C18H26F3NO3/c19-18(20,21)12-5-3-4-11(10-12)16(23)22-9-8-14(17(24)25)13-6-1-2-7-15(13)22/h11-15H,1-10H2,(H,24,25). The monoisotopic (exact) mass is 361 g/mol. The number of hydrogen-bond donors (Lipinski definition) is 1. The Morgan fingerprint density at radius 2 is 1.68 bits per heavy atom. The fraction of sp³-hybridized carbons (Fsp3) is 0.889. The Labute approximate surface area is 145 Å². The average Bonchev–Trinajstić information content (AvgIpc) is 2.59. The van der Waals surface area contributed by atoms with Crippen LogP contribution in [0.1, 0.15) is 57.8 Å². The minimum atomic E-state index is -4.23. The number of halogens is 3. The normalized spacial score (nSPS) is 36.6. The molecule has 1 amide bonds. The minimum Gasteiger partial charge on any atom is -0.481 e. The Bertz CT molecular complexity index is 522. The van der Waals surface area contributed by atoms with Gasteiger partial charge in [0.1, 0.15) is 0 Å². The highest BCUT2D eigenvalue weighted by Crippen LogP contribution is 2.43. The highest BCUT2D eigenvalue weighted by Gasteiger charge is 2.48. The molecule has 5 atom stereocenters. The number of likely N-dealkylation sites (tertiary alicyclic amines) is 1. The molecule has 0 aromatic rings. The van der Waals surface area contributed by atoms with Crippen LogP contribution in [0.15, 0.2) is 0 Å². The molecule has 0 radical (unpaired) electrons. The molecule has 3 rings (SSSR count). The first kappa shape index (κ1) is 18.5. The molecular formula is C18H26F3NO3. The molecule has 1 heterocycles. The lowest BCUT2D eigenvalue weighted by atomic mass is 9.71. The zero-order valence-corrected chi connectivity index (χ0v) is 14.3. The van der Waals surface area contributed by atoms with Gasteiger partial charge in [-0.05, 0) is 44.4 Å². The molecule has 1 saturated heterocycles. The molecule has 0 bridgehead atoms. The lowest BCUT2D eigenvalue weighted by Crippen LogP contribution is -2.56. The van der Waals surface area contributed by atoms with E-state index in [1.807, 2.05) is 0 Å². The molecule has 2 aliphatic carbocycles. The molecule has 25 heavy (non-hydrogen) atoms. The SMILES string of the molecule is O=C(O)C1CCN(C(=O)C2CCCC(C(F)(F)F)C2)C2CCCCC12. The fourth-order valence-corrected chi connectivity index (χ4v) is 5.18. The summed E-state index contributed by atoms with van der Waals surface area (Å²) in [5.74, 6) is -3.40. The van der Waals surface area contributed by atoms with Crippen molar-refractivity contribution >= 4 is 11.9 Å². The number of rotatable bonds is 2. The van der Waals surface area contributed by atoms with E-state index in [2.05, 4.69) is 0 Å². The molecule has 1 N–H and O–H groups in total. The second-order valence-corrected chi connectivity index (χ2v) is 7.88. The smallest absolute Gasteiger partial charge is 0.391 e. The predicted octanol–water partition coefficient (Wildman–Crippen LogP) is 3.85. The van der Waals surface area contributed by atoms with E-state index < -0.39 is 29.9 Å². The Kier molecular flexibility index (Phi) is 5.30. The number of piperidine rings is 1. The van der Waals surface area contributed by atoms with Crippen molar-refractivity contribution in [3.63, 3.8) is 0 Å². The van der Waals surface area contributed by atoms with Gasteiger partial charge in [-0.2, -0.15) is 13.2 Å². The second-order valence-electron chi connectivity index (χ2n) is 7.88. The van der Waals surface area contributed by atoms with Crippen LogP contribution in [0.4, 0.5) is 13.2 Å². The zero-order valence-electron chi connectivity index (χ0n) is 14.3. The van der Waals surface area contributed by atoms with Gasteiger partial charge in [-0.3, -0.25) is 9.59 Å². The average molecular weight is 361 g/mol. The lowest BCUT2D eigenvalue weighted by Gasteiger charge is -2.48. The van der Waals surface area contributed by atoms with Crippen molar-refractivity contribution in [2.45, 2.75) is 70.0 Å². The number of carbonyl (C=O) groups is 2. The molecule has 0 aromatic heterocycles. The number of fused-ring (bicyclic) bond motifs is 1. The van der Waals surface area contributed by atoms with Gasteiger partial charge in [-0.15, -0.1) is 0 Å². The fourth-order valence-electron chi connectivity index (χ4n) is 5.18. The summed E-state index contributed by atoms with van der Waals surface area (Å²) in [5, 5.41) is 9.45. The van der Waals surface area contributed by atoms with Gasteiger partial charge in [0, 0.05) is 18.5 Å². The van der Waals surface area contributed by atoms with Gasteiger partial charge < -0.3 is 10.0 Å². The van der Waals surface area contributed by atoms with E-state index in [0.717, 1.165) is 25.7 Å². The van der Waals surface area contributed by atoms with Crippen molar-refractivity contribution in [1.29, 1.82) is 0 Å². The van der Waals surface area contributed by atoms with E-state index in [4.69, 9.17) is 0 Å². The largest absolute Gasteiger partial charge is 0.481 e. The molecule has 2 saturated carbocycles. The van der Waals surface area contributed by atoms with Crippen LogP contribution in [0.5, 0.6) is 0 Å². The van der Waals surface area contributed by atoms with Crippen LogP contribution in [0.3, 0.4) is 0 Å². The van der Waals surface area contributed by atoms with Crippen molar-refractivity contribution in [1.82, 2.24) is 4.90 Å². The summed E-state index contributed by atoms with van der Waals surface area (Å²) >= 11 is 0. The maximum atomic E-state index is 13.0. The van der Waals surface area contributed by atoms with Gasteiger partial charge in [-0.25, -0.2) is 0 Å². The maximum Gasteiger partial charge on any atom is 0.391 e. The lowest BCUT2D eigenvalue weighted by molar-refractivity contribution is -0.188. The van der Waals surface area contributed by atoms with Gasteiger partial charge in [0.25, 0.3) is 0 Å². The summed E-state index contributed by atoms with van der Waals surface area (Å²) in [6, 6.07) is -0.109. The molecule has 5 unspecified atom stereocenters. The van der Waals surface area contributed by atoms with Crippen molar-refractivity contribution in [3.05, 3.63) is 0 Å². The van der Waals surface area contributed by atoms with Crippen LogP contribution in [-0.4, -0.2) is 40.6 Å². The number of amides is 1. The molecule has 1 aliphatic heterocycles. The third-order valence-corrected chi connectivity index (χ3v) is 6.47. The maximum absolute atomic E-state index is 13.0. The van der Waals surface area contributed by atoms with E-state index in [0.29, 0.717) is 25.8 Å². The Hall–Kier alpha value is -1.27. The van der Waals surface area contributed by atoms with E-state index in [9.17, 15) is 27.9 Å². The van der Waals surface area contributed by atoms with Crippen LogP contribution < -0.4 is 0 Å². The van der Waals surface area contributed by atoms with Crippen LogP contribution in [0, 0.1) is 23.7 Å². The Morgan fingerprint density at radius 1 is 0.960 bits per heavy atom. The first-order chi connectivity index (χ1) is 11.8. The third kappa shape index (κ3) is 3.80. The second kappa shape index (κ2) is 7.16. The van der Waals surface area contributed by atoms with E-state index in [1.165, 1.54) is 0 Å². The van der Waals surface area contributed by atoms with Crippen LogP contribution in [-0.2, 0) is 9.59 Å². The molecule has 7 heteroatoms. The Morgan fingerprint density at radius 3 is 2.36 bits per heavy atom. The first-order valence-electron chi connectivity index (χ1n) is 9.39. The van der Waals surface area contributed by atoms with E-state index in [-0.39, 0.29) is 30.7 Å². The molecule has 0 aromatic carbocycles. The summed E-state index contributed by atoms with van der Waals surface area (Å²) in [5.41, 5.74) is 0. The van der Waals surface area contributed by atoms with E-state index in [1.54, 1.807) is 4.90 Å². The summed E-state index contributed by atoms with van der Waals surface area (Å²) < 4.78 is 39.1. The quantitative estimate of drug-likeness (QED) is 0.813. The summed E-state index contributed by atoms with van der Waals surface area (Å²) in [7, 11) is 0. The van der Waals surface area contributed by atoms with Gasteiger partial charge in [0.15, 0.2) is 0 Å². The van der Waals surface area contributed by atoms with Gasteiger partial charge in [0.2, 0.25) is 5.91 Å². The molecule has 4 nitrogen and oxygen atoms in total. The number of aliphatic carboxylic acids is 1. The zero-order chi connectivity index (χ0) is 18.2. The Balaban J connectivity index is 1.72. The third-order valence-electron chi connectivity index (χ3n) is 6.47. The number of carboxylic acids is 1. The van der Waals surface area contributed by atoms with E-state index >= 15 is 0 Å². The predicted molar refractivity (Wildman–Crippen MR) is 84.7 cm³/mol. The number of alkyl halides is 3. The number of carboxylic acid groups (broad SMARTS) is 1. The van der Waals surface area contributed by atoms with Crippen molar-refractivity contribution < 1.29 is 27.9 Å². The summed E-state index contributed by atoms with van der Waals surface area (Å²) in [4.78, 5) is 26.2. The van der Waals surface area contributed by atoms with Crippen LogP contribution in [0.2, 0.25) is 0 Å². The number of hydrogen-bond acceptors (Lipinski definition) is 2. The number of carbonyl (C=O) groups excluding carboxylic acids is 1. The first-order valence-corrected chi connectivity index (χ1v) is 9.39. The summed E-state index contributed by atoms with van der Waals surface area (Å²) in [6.45, 7) is 0.365. The van der Waals surface area contributed by atoms with Crippen molar-refractivity contribution in [3.8, 4) is 0 Å². The van der Waals surface area contributed by atoms with Crippen molar-refractivity contribution in [2.24, 2.45) is 23.7 Å². The molecule has 3 fully saturated rings. The molecule has 3 aliphatic rings. The minimum absolute atomic E-state index is 0.0500. The topological polar surface area (TPSA) is 57.6 Å². The summed E-state index contributed by atoms with van der Waals surface area (Å²) in [6.07, 6.45) is 0.609. The highest BCUT2D eigenvalue weighted by atomic mass is 19.4. The van der Waals surface area contributed by atoms with Crippen LogP contribution in [0.25, 0.3) is 0 Å². The molecule has 142 valence electrons. The highest BCUT2D eigenvalue weighted by molar-refractivity contribution is 5.80. The molecule has 0 spiro atoms. The van der Waals surface area contributed by atoms with Gasteiger partial charge in [-0.1, -0.05) is 19.3 Å². The van der Waals surface area contributed by atoms with Crippen molar-refractivity contribution in [2.75, 3.05) is 6.54 Å². The molecular weight excluding hydrogens is 335 g/mol. The van der Waals surface area contributed by atoms with Gasteiger partial charge >= 0.3 is 12.1 Å².